The van der Waals surface area contributed by atoms with E-state index in [0.717, 1.165) is 44.7 Å². The number of rotatable bonds is 14. The third kappa shape index (κ3) is 14.7. The molecule has 3 N–H and O–H groups in total. The van der Waals surface area contributed by atoms with Crippen LogP contribution < -0.4 is 11.1 Å². The zero-order valence-electron chi connectivity index (χ0n) is 32.9. The molecule has 1 heterocycles. The molecule has 9 heteroatoms. The maximum atomic E-state index is 13.9. The zero-order valence-corrected chi connectivity index (χ0v) is 33.7. The number of benzene rings is 3. The van der Waals surface area contributed by atoms with E-state index in [1.165, 1.54) is 28.8 Å². The highest BCUT2D eigenvalue weighted by Crippen LogP contribution is 2.37. The Bertz CT molecular complexity index is 1420. The highest BCUT2D eigenvalue weighted by atomic mass is 35.5. The van der Waals surface area contributed by atoms with E-state index in [9.17, 15) is 13.2 Å². The number of hydrogen-bond acceptors (Lipinski definition) is 5. The summed E-state index contributed by atoms with van der Waals surface area (Å²) >= 11 is 6.02. The highest BCUT2D eigenvalue weighted by molar-refractivity contribution is 6.30. The number of hydrogen-bond donors (Lipinski definition) is 2. The van der Waals surface area contributed by atoms with E-state index >= 15 is 0 Å². The molecule has 1 saturated heterocycles. The number of alkyl halides is 3. The van der Waals surface area contributed by atoms with E-state index in [0.29, 0.717) is 30.2 Å². The van der Waals surface area contributed by atoms with Crippen LogP contribution >= 0.6 is 11.6 Å². The molecular weight excluding hydrogens is 679 g/mol. The number of likely N-dealkylation sites (N-methyl/N-ethyl adjacent to an activating group) is 2. The van der Waals surface area contributed by atoms with Crippen LogP contribution in [0.25, 0.3) is 0 Å². The molecule has 3 aromatic carbocycles. The lowest BCUT2D eigenvalue weighted by molar-refractivity contribution is -0.139. The van der Waals surface area contributed by atoms with Crippen molar-refractivity contribution in [2.45, 2.75) is 85.6 Å². The van der Waals surface area contributed by atoms with E-state index in [2.05, 4.69) is 66.1 Å². The minimum absolute atomic E-state index is 0.0650. The average molecular weight is 744 g/mol. The quantitative estimate of drug-likeness (QED) is 0.161. The maximum absolute atomic E-state index is 13.9. The predicted octanol–water partition coefficient (Wildman–Crippen LogP) is 10.3. The Morgan fingerprint density at radius 1 is 0.904 bits per heavy atom. The Morgan fingerprint density at radius 2 is 1.44 bits per heavy atom. The SMILES string of the molecule is C=C(C(Cc1ccc(Cl)cc1)NC)N1CCN(C(CN(CC)CC)c2ccccc2C(F)(F)F)CC1.C=CCC(N)c1ccccc1C.CC.CC. The highest BCUT2D eigenvalue weighted by Gasteiger charge is 2.37. The normalized spacial score (nSPS) is 14.8. The van der Waals surface area contributed by atoms with Gasteiger partial charge in [-0.2, -0.15) is 13.2 Å². The lowest BCUT2D eigenvalue weighted by Crippen LogP contribution is -2.51. The number of nitrogens with two attached hydrogens (primary N) is 1. The molecule has 0 amide bonds. The van der Waals surface area contributed by atoms with Gasteiger partial charge < -0.3 is 20.9 Å². The first-order chi connectivity index (χ1) is 24.9. The van der Waals surface area contributed by atoms with Crippen LogP contribution in [-0.4, -0.2) is 73.6 Å². The Hall–Kier alpha value is -3.14. The van der Waals surface area contributed by atoms with Gasteiger partial charge >= 0.3 is 6.18 Å². The fourth-order valence-electron chi connectivity index (χ4n) is 6.28. The van der Waals surface area contributed by atoms with E-state index in [4.69, 9.17) is 17.3 Å². The minimum atomic E-state index is -4.38. The lowest BCUT2D eigenvalue weighted by Gasteiger charge is -2.44. The summed E-state index contributed by atoms with van der Waals surface area (Å²) in [6.07, 6.45) is -0.895. The standard InChI is InChI=1S/C28H38ClF3N4.C11H15N.2C2H6/c1-5-34(6-2)20-27(24-9-7-8-10-25(24)28(30,31)32)36-17-15-35(16-18-36)21(3)26(33-4)19-22-11-13-23(29)14-12-22;1-3-6-11(12)10-8-5-4-7-9(10)2;2*1-2/h7-14,26-27,33H,3,5-6,15-20H2,1-2,4H3;3-5,7-8,11H,1,6,12H2,2H3;2*1-2H3. The van der Waals surface area contributed by atoms with Gasteiger partial charge in [-0.05, 0) is 80.4 Å². The molecule has 52 heavy (non-hydrogen) atoms. The summed E-state index contributed by atoms with van der Waals surface area (Å²) in [5, 5.41) is 4.08. The molecule has 0 aromatic heterocycles. The van der Waals surface area contributed by atoms with Gasteiger partial charge in [-0.15, -0.1) is 6.58 Å². The van der Waals surface area contributed by atoms with Gasteiger partial charge in [0, 0.05) is 55.5 Å². The van der Waals surface area contributed by atoms with E-state index in [1.807, 2.05) is 77.2 Å². The van der Waals surface area contributed by atoms with Crippen molar-refractivity contribution in [2.75, 3.05) is 52.9 Å². The third-order valence-corrected chi connectivity index (χ3v) is 9.48. The van der Waals surface area contributed by atoms with Crippen molar-refractivity contribution >= 4 is 11.6 Å². The Balaban J connectivity index is 0.000000706. The summed E-state index contributed by atoms with van der Waals surface area (Å²) in [6.45, 7) is 27.2. The predicted molar refractivity (Wildman–Crippen MR) is 218 cm³/mol. The summed E-state index contributed by atoms with van der Waals surface area (Å²) in [7, 11) is 1.93. The molecule has 3 atom stereocenters. The molecule has 1 aliphatic rings. The molecule has 0 radical (unpaired) electrons. The topological polar surface area (TPSA) is 47.8 Å². The molecule has 4 rings (SSSR count). The summed E-state index contributed by atoms with van der Waals surface area (Å²) in [6, 6.07) is 21.9. The number of piperazine rings is 1. The first-order valence-electron chi connectivity index (χ1n) is 18.8. The summed E-state index contributed by atoms with van der Waals surface area (Å²) in [5.74, 6) is 0. The first kappa shape index (κ1) is 46.9. The molecule has 0 spiro atoms. The van der Waals surface area contributed by atoms with Gasteiger partial charge in [0.1, 0.15) is 0 Å². The molecular formula is C43H65ClF3N5. The smallest absolute Gasteiger partial charge is 0.371 e. The van der Waals surface area contributed by atoms with E-state index in [1.54, 1.807) is 12.1 Å². The van der Waals surface area contributed by atoms with Crippen LogP contribution in [0.4, 0.5) is 13.2 Å². The second-order valence-electron chi connectivity index (χ2n) is 12.3. The fraction of sp³-hybridized carbons (Fsp3) is 0.488. The van der Waals surface area contributed by atoms with Crippen LogP contribution in [0, 0.1) is 6.92 Å². The van der Waals surface area contributed by atoms with Crippen molar-refractivity contribution in [1.82, 2.24) is 20.0 Å². The van der Waals surface area contributed by atoms with Gasteiger partial charge in [0.2, 0.25) is 0 Å². The van der Waals surface area contributed by atoms with Crippen molar-refractivity contribution in [1.29, 1.82) is 0 Å². The molecule has 1 aliphatic heterocycles. The number of halogens is 4. The second-order valence-corrected chi connectivity index (χ2v) is 12.7. The maximum Gasteiger partial charge on any atom is 0.416 e. The van der Waals surface area contributed by atoms with Crippen molar-refractivity contribution in [3.63, 3.8) is 0 Å². The fourth-order valence-corrected chi connectivity index (χ4v) is 6.40. The van der Waals surface area contributed by atoms with Gasteiger partial charge in [0.05, 0.1) is 11.6 Å². The van der Waals surface area contributed by atoms with Gasteiger partial charge in [-0.3, -0.25) is 4.90 Å². The summed E-state index contributed by atoms with van der Waals surface area (Å²) in [5.41, 5.74) is 10.4. The van der Waals surface area contributed by atoms with Gasteiger partial charge in [0.15, 0.2) is 0 Å². The molecule has 290 valence electrons. The van der Waals surface area contributed by atoms with Gasteiger partial charge in [-0.1, -0.05) is 120 Å². The number of nitrogens with zero attached hydrogens (tertiary/aromatic N) is 3. The largest absolute Gasteiger partial charge is 0.416 e. The van der Waals surface area contributed by atoms with Crippen LogP contribution in [0.15, 0.2) is 97.7 Å². The summed E-state index contributed by atoms with van der Waals surface area (Å²) in [4.78, 5) is 6.67. The molecule has 5 nitrogen and oxygen atoms in total. The molecule has 3 unspecified atom stereocenters. The monoisotopic (exact) mass is 743 g/mol. The average Bonchev–Trinajstić information content (AvgIpc) is 3.17. The minimum Gasteiger partial charge on any atom is -0.371 e. The first-order valence-corrected chi connectivity index (χ1v) is 19.2. The van der Waals surface area contributed by atoms with E-state index < -0.39 is 11.7 Å². The van der Waals surface area contributed by atoms with Crippen molar-refractivity contribution < 1.29 is 13.2 Å². The summed E-state index contributed by atoms with van der Waals surface area (Å²) < 4.78 is 41.7. The molecule has 1 fully saturated rings. The molecule has 0 aliphatic carbocycles. The van der Waals surface area contributed by atoms with E-state index in [-0.39, 0.29) is 18.1 Å². The molecule has 3 aromatic rings. The third-order valence-electron chi connectivity index (χ3n) is 9.22. The Kier molecular flexibility index (Phi) is 22.5. The van der Waals surface area contributed by atoms with Crippen LogP contribution in [0.3, 0.4) is 0 Å². The van der Waals surface area contributed by atoms with Gasteiger partial charge in [-0.25, -0.2) is 0 Å². The number of aryl methyl sites for hydroxylation is 1. The second kappa shape index (κ2) is 25.0. The van der Waals surface area contributed by atoms with Crippen LogP contribution in [0.1, 0.15) is 87.9 Å². The van der Waals surface area contributed by atoms with Crippen LogP contribution in [0.5, 0.6) is 0 Å². The Morgan fingerprint density at radius 3 is 1.94 bits per heavy atom. The van der Waals surface area contributed by atoms with Crippen LogP contribution in [-0.2, 0) is 12.6 Å². The van der Waals surface area contributed by atoms with Crippen molar-refractivity contribution in [3.8, 4) is 0 Å². The lowest BCUT2D eigenvalue weighted by atomic mass is 9.97. The van der Waals surface area contributed by atoms with Crippen LogP contribution in [0.2, 0.25) is 5.02 Å². The van der Waals surface area contributed by atoms with Crippen molar-refractivity contribution in [3.05, 3.63) is 131 Å². The zero-order chi connectivity index (χ0) is 39.3. The molecule has 0 bridgehead atoms. The Labute approximate surface area is 318 Å². The van der Waals surface area contributed by atoms with Gasteiger partial charge in [0.25, 0.3) is 0 Å². The number of nitrogens with one attached hydrogen (secondary N) is 1. The molecule has 0 saturated carbocycles. The van der Waals surface area contributed by atoms with Crippen molar-refractivity contribution in [2.24, 2.45) is 5.73 Å².